The fraction of sp³-hybridized carbons (Fsp3) is 0.250. The van der Waals surface area contributed by atoms with E-state index in [-0.39, 0.29) is 11.8 Å². The van der Waals surface area contributed by atoms with Crippen LogP contribution in [0.1, 0.15) is 11.1 Å². The van der Waals surface area contributed by atoms with Crippen LogP contribution in [0.2, 0.25) is 0 Å². The van der Waals surface area contributed by atoms with E-state index in [4.69, 9.17) is 0 Å². The number of urea groups is 1. The molecule has 3 rings (SSSR count). The number of hydrogen-bond acceptors (Lipinski definition) is 4. The Morgan fingerprint density at radius 2 is 1.45 bits per heavy atom. The molecule has 0 aliphatic carbocycles. The third-order valence-electron chi connectivity index (χ3n) is 4.07. The van der Waals surface area contributed by atoms with Crippen molar-refractivity contribution in [1.82, 2.24) is 24.6 Å². The molecule has 1 aromatic heterocycles. The van der Waals surface area contributed by atoms with Gasteiger partial charge < -0.3 is 0 Å². The third-order valence-corrected chi connectivity index (χ3v) is 4.07. The quantitative estimate of drug-likeness (QED) is 0.426. The smallest absolute Gasteiger partial charge is 0.291 e. The number of hydrogen-bond donors (Lipinski definition) is 0. The van der Waals surface area contributed by atoms with Crippen LogP contribution >= 0.6 is 0 Å². The van der Waals surface area contributed by atoms with Gasteiger partial charge in [0.15, 0.2) is 5.82 Å². The molecule has 0 bridgehead atoms. The van der Waals surface area contributed by atoms with Gasteiger partial charge in [-0.1, -0.05) is 0 Å². The molecule has 154 valence electrons. The molecule has 0 N–H and O–H groups in total. The van der Waals surface area contributed by atoms with Crippen LogP contribution in [-0.4, -0.2) is 50.6 Å². The van der Waals surface area contributed by atoms with Crippen LogP contribution in [0.25, 0.3) is 17.6 Å². The average molecular weight is 419 g/mol. The highest BCUT2D eigenvalue weighted by Crippen LogP contribution is 2.38. The number of halogens is 6. The number of amides is 3. The Hall–Kier alpha value is -3.38. The molecule has 7 nitrogen and oxygen atoms in total. The van der Waals surface area contributed by atoms with Crippen molar-refractivity contribution < 1.29 is 35.9 Å². The first-order valence-corrected chi connectivity index (χ1v) is 7.77. The second-order valence-corrected chi connectivity index (χ2v) is 6.06. The number of nitrogens with zero attached hydrogens (tertiary/aromatic N) is 5. The molecule has 0 saturated carbocycles. The Morgan fingerprint density at radius 3 is 1.90 bits per heavy atom. The van der Waals surface area contributed by atoms with Crippen LogP contribution in [0.4, 0.5) is 31.1 Å². The molecule has 1 fully saturated rings. The highest BCUT2D eigenvalue weighted by atomic mass is 19.4. The van der Waals surface area contributed by atoms with Crippen molar-refractivity contribution in [2.45, 2.75) is 12.4 Å². The molecule has 1 aliphatic rings. The summed E-state index contributed by atoms with van der Waals surface area (Å²) >= 11 is 0. The van der Waals surface area contributed by atoms with E-state index in [0.29, 0.717) is 12.1 Å². The Bertz CT molecular complexity index is 991. The lowest BCUT2D eigenvalue weighted by atomic mass is 10.0. The van der Waals surface area contributed by atoms with Crippen LogP contribution < -0.4 is 0 Å². The van der Waals surface area contributed by atoms with Crippen molar-refractivity contribution in [3.05, 3.63) is 41.4 Å². The van der Waals surface area contributed by atoms with Gasteiger partial charge in [-0.2, -0.15) is 26.3 Å². The average Bonchev–Trinajstić information content (AvgIpc) is 3.16. The highest BCUT2D eigenvalue weighted by Gasteiger charge is 2.38. The molecule has 0 atom stereocenters. The summed E-state index contributed by atoms with van der Waals surface area (Å²) in [6, 6.07) is 0.364. The fourth-order valence-electron chi connectivity index (χ4n) is 2.55. The third kappa shape index (κ3) is 3.79. The van der Waals surface area contributed by atoms with Crippen molar-refractivity contribution in [1.29, 1.82) is 0 Å². The van der Waals surface area contributed by atoms with Crippen LogP contribution in [-0.2, 0) is 17.1 Å². The summed E-state index contributed by atoms with van der Waals surface area (Å²) in [6.45, 7) is 0. The number of likely N-dealkylation sites (N-methyl/N-ethyl adjacent to an activating group) is 2. The molecule has 0 unspecified atom stereocenters. The molecule has 1 saturated heterocycles. The zero-order valence-electron chi connectivity index (χ0n) is 14.7. The minimum absolute atomic E-state index is 0.00390. The van der Waals surface area contributed by atoms with Crippen LogP contribution in [0, 0.1) is 0 Å². The predicted molar refractivity (Wildman–Crippen MR) is 85.7 cm³/mol. The molecule has 29 heavy (non-hydrogen) atoms. The zero-order valence-corrected chi connectivity index (χ0v) is 14.7. The second kappa shape index (κ2) is 6.60. The van der Waals surface area contributed by atoms with Gasteiger partial charge in [-0.15, -0.1) is 5.10 Å². The van der Waals surface area contributed by atoms with Gasteiger partial charge in [0.05, 0.1) is 17.3 Å². The number of rotatable bonds is 2. The fourth-order valence-corrected chi connectivity index (χ4v) is 2.55. The maximum Gasteiger partial charge on any atom is 0.416 e. The molecular weight excluding hydrogens is 408 g/mol. The van der Waals surface area contributed by atoms with Crippen molar-refractivity contribution in [3.8, 4) is 11.4 Å². The van der Waals surface area contributed by atoms with E-state index >= 15 is 0 Å². The molecule has 2 aromatic rings. The number of alkyl halides is 6. The summed E-state index contributed by atoms with van der Waals surface area (Å²) in [5.41, 5.74) is -3.62. The lowest BCUT2D eigenvalue weighted by molar-refractivity contribution is -0.143. The first-order valence-electron chi connectivity index (χ1n) is 7.77. The summed E-state index contributed by atoms with van der Waals surface area (Å²) in [7, 11) is 2.56. The van der Waals surface area contributed by atoms with Crippen molar-refractivity contribution >= 4 is 18.1 Å². The van der Waals surface area contributed by atoms with Gasteiger partial charge in [0.1, 0.15) is 12.0 Å². The Balaban J connectivity index is 2.04. The van der Waals surface area contributed by atoms with E-state index in [2.05, 4.69) is 10.1 Å². The van der Waals surface area contributed by atoms with Gasteiger partial charge in [-0.25, -0.2) is 14.5 Å². The predicted octanol–water partition coefficient (Wildman–Crippen LogP) is 3.30. The molecule has 0 radical (unpaired) electrons. The van der Waals surface area contributed by atoms with Gasteiger partial charge in [0.2, 0.25) is 0 Å². The monoisotopic (exact) mass is 419 g/mol. The molecule has 3 amide bonds. The van der Waals surface area contributed by atoms with Gasteiger partial charge in [-0.05, 0) is 18.2 Å². The molecule has 1 aromatic carbocycles. The summed E-state index contributed by atoms with van der Waals surface area (Å²) in [5.74, 6) is -1.08. The maximum atomic E-state index is 13.0. The van der Waals surface area contributed by atoms with E-state index in [0.717, 1.165) is 27.0 Å². The van der Waals surface area contributed by atoms with Crippen LogP contribution in [0.3, 0.4) is 0 Å². The Labute approximate surface area is 158 Å². The van der Waals surface area contributed by atoms with Gasteiger partial charge in [-0.3, -0.25) is 14.6 Å². The van der Waals surface area contributed by atoms with E-state index < -0.39 is 46.8 Å². The minimum atomic E-state index is -5.01. The highest BCUT2D eigenvalue weighted by molar-refractivity contribution is 6.12. The van der Waals surface area contributed by atoms with Crippen molar-refractivity contribution in [3.63, 3.8) is 0 Å². The topological polar surface area (TPSA) is 71.3 Å². The number of benzene rings is 1. The van der Waals surface area contributed by atoms with Gasteiger partial charge in [0, 0.05) is 19.7 Å². The Kier molecular flexibility index (Phi) is 4.63. The van der Waals surface area contributed by atoms with E-state index in [1.54, 1.807) is 0 Å². The normalized spacial score (nSPS) is 17.0. The molecule has 2 heterocycles. The molecule has 13 heteroatoms. The SMILES string of the molecule is CN1C(=O)C(=Cn2cnc(-c3cc(C(F)(F)F)cc(C(F)(F)F)c3)n2)N(C)C1=O. The number of carbonyl (C=O) groups is 2. The summed E-state index contributed by atoms with van der Waals surface area (Å²) in [4.78, 5) is 29.3. The Morgan fingerprint density at radius 1 is 0.897 bits per heavy atom. The van der Waals surface area contributed by atoms with Gasteiger partial charge >= 0.3 is 18.4 Å². The van der Waals surface area contributed by atoms with Gasteiger partial charge in [0.25, 0.3) is 5.91 Å². The van der Waals surface area contributed by atoms with Crippen molar-refractivity contribution in [2.24, 2.45) is 0 Å². The van der Waals surface area contributed by atoms with Crippen LogP contribution in [0.5, 0.6) is 0 Å². The maximum absolute atomic E-state index is 13.0. The molecule has 0 spiro atoms. The molecular formula is C16H11F6N5O2. The number of carbonyl (C=O) groups excluding carboxylic acids is 2. The minimum Gasteiger partial charge on any atom is -0.291 e. The lowest BCUT2D eigenvalue weighted by Gasteiger charge is -2.13. The van der Waals surface area contributed by atoms with E-state index in [9.17, 15) is 35.9 Å². The number of aromatic nitrogens is 3. The first-order chi connectivity index (χ1) is 13.3. The summed E-state index contributed by atoms with van der Waals surface area (Å²) < 4.78 is 78.8. The zero-order chi connectivity index (χ0) is 21.7. The van der Waals surface area contributed by atoms with E-state index in [1.165, 1.54) is 14.1 Å². The van der Waals surface area contributed by atoms with E-state index in [1.807, 2.05) is 0 Å². The first kappa shape index (κ1) is 20.4. The largest absolute Gasteiger partial charge is 0.416 e. The number of imide groups is 1. The molecule has 1 aliphatic heterocycles. The summed E-state index contributed by atoms with van der Waals surface area (Å²) in [6.07, 6.45) is -7.95. The lowest BCUT2D eigenvalue weighted by Crippen LogP contribution is -2.27. The summed E-state index contributed by atoms with van der Waals surface area (Å²) in [5, 5.41) is 3.80. The van der Waals surface area contributed by atoms with Crippen molar-refractivity contribution in [2.75, 3.05) is 14.1 Å². The second-order valence-electron chi connectivity index (χ2n) is 6.06. The standard InChI is InChI=1S/C16H11F6N5O2/c1-25-11(13(28)26(2)14(25)29)6-27-7-23-12(24-27)8-3-9(15(17,18)19)5-10(4-8)16(20,21)22/h3-7H,1-2H3. The van der Waals surface area contributed by atoms with Crippen LogP contribution in [0.15, 0.2) is 30.2 Å².